The summed E-state index contributed by atoms with van der Waals surface area (Å²) in [6.45, 7) is 0.390. The van der Waals surface area contributed by atoms with Crippen molar-refractivity contribution in [1.29, 1.82) is 0 Å². The van der Waals surface area contributed by atoms with Crippen LogP contribution in [0.25, 0.3) is 0 Å². The Morgan fingerprint density at radius 3 is 2.17 bits per heavy atom. The van der Waals surface area contributed by atoms with Crippen LogP contribution in [0.15, 0.2) is 84.9 Å². The zero-order valence-electron chi connectivity index (χ0n) is 23.4. The molecule has 1 aliphatic rings. The fourth-order valence-corrected chi connectivity index (χ4v) is 6.48. The molecular weight excluding hydrogens is 558 g/mol. The van der Waals surface area contributed by atoms with E-state index in [0.29, 0.717) is 17.1 Å². The van der Waals surface area contributed by atoms with Gasteiger partial charge >= 0.3 is 0 Å². The summed E-state index contributed by atoms with van der Waals surface area (Å²) in [6.07, 6.45) is 5.96. The molecule has 0 radical (unpaired) electrons. The summed E-state index contributed by atoms with van der Waals surface area (Å²) in [5, 5.41) is 3.64. The van der Waals surface area contributed by atoms with Gasteiger partial charge in [-0.1, -0.05) is 91.2 Å². The first-order chi connectivity index (χ1) is 19.7. The molecule has 1 N–H and O–H groups in total. The van der Waals surface area contributed by atoms with E-state index in [1.54, 1.807) is 29.2 Å². The van der Waals surface area contributed by atoms with Gasteiger partial charge in [0.1, 0.15) is 6.04 Å². The molecule has 7 nitrogen and oxygen atoms in total. The van der Waals surface area contributed by atoms with Crippen molar-refractivity contribution in [3.8, 4) is 0 Å². The van der Waals surface area contributed by atoms with Crippen molar-refractivity contribution in [1.82, 2.24) is 10.2 Å². The van der Waals surface area contributed by atoms with Gasteiger partial charge in [0.25, 0.3) is 0 Å². The minimum atomic E-state index is -3.60. The third-order valence-corrected chi connectivity index (χ3v) is 8.85. The second-order valence-corrected chi connectivity index (χ2v) is 13.0. The molecule has 0 bridgehead atoms. The number of nitrogens with one attached hydrogen (secondary N) is 1. The van der Waals surface area contributed by atoms with E-state index >= 15 is 0 Å². The van der Waals surface area contributed by atoms with Gasteiger partial charge in [0.05, 0.1) is 11.9 Å². The lowest BCUT2D eigenvalue weighted by Crippen LogP contribution is -2.52. The molecule has 9 heteroatoms. The van der Waals surface area contributed by atoms with Gasteiger partial charge in [0, 0.05) is 37.0 Å². The molecule has 2 amide bonds. The number of carbonyl (C=O) groups excluding carboxylic acids is 2. The molecule has 218 valence electrons. The summed E-state index contributed by atoms with van der Waals surface area (Å²) >= 11 is 6.11. The molecule has 0 spiro atoms. The lowest BCUT2D eigenvalue weighted by Gasteiger charge is -2.33. The van der Waals surface area contributed by atoms with E-state index in [1.165, 1.54) is 4.31 Å². The highest BCUT2D eigenvalue weighted by atomic mass is 35.5. The van der Waals surface area contributed by atoms with Crippen molar-refractivity contribution in [2.75, 3.05) is 17.1 Å². The normalized spacial score (nSPS) is 14.4. The number of carbonyl (C=O) groups is 2. The summed E-state index contributed by atoms with van der Waals surface area (Å²) in [7, 11) is -3.60. The fraction of sp³-hybridized carbons (Fsp3) is 0.375. The molecule has 0 aromatic heterocycles. The average Bonchev–Trinajstić information content (AvgIpc) is 3.46. The SMILES string of the molecule is CS(=O)(=O)N(CCCC(=O)N(Cc1ccccc1)[C@H](Cc1ccccc1)C(=O)NC1CCCC1)c1cccc(Cl)c1. The molecular formula is C32H38ClN3O4S. The van der Waals surface area contributed by atoms with Crippen molar-refractivity contribution < 1.29 is 18.0 Å². The van der Waals surface area contributed by atoms with Crippen LogP contribution >= 0.6 is 11.6 Å². The maximum Gasteiger partial charge on any atom is 0.243 e. The van der Waals surface area contributed by atoms with Gasteiger partial charge in [-0.15, -0.1) is 0 Å². The number of rotatable bonds is 13. The number of amides is 2. The summed E-state index contributed by atoms with van der Waals surface area (Å²) in [6, 6.07) is 25.4. The van der Waals surface area contributed by atoms with Crippen LogP contribution in [-0.4, -0.2) is 50.0 Å². The number of anilines is 1. The van der Waals surface area contributed by atoms with E-state index in [2.05, 4.69) is 5.32 Å². The van der Waals surface area contributed by atoms with E-state index in [4.69, 9.17) is 11.6 Å². The number of hydrogen-bond donors (Lipinski definition) is 1. The molecule has 4 rings (SSSR count). The molecule has 1 atom stereocenters. The minimum absolute atomic E-state index is 0.0847. The maximum absolute atomic E-state index is 13.9. The van der Waals surface area contributed by atoms with Crippen molar-refractivity contribution in [2.24, 2.45) is 0 Å². The third-order valence-electron chi connectivity index (χ3n) is 7.42. The highest BCUT2D eigenvalue weighted by molar-refractivity contribution is 7.92. The number of hydrogen-bond acceptors (Lipinski definition) is 4. The number of nitrogens with zero attached hydrogens (tertiary/aromatic N) is 2. The molecule has 1 fully saturated rings. The van der Waals surface area contributed by atoms with Gasteiger partial charge in [-0.05, 0) is 48.6 Å². The Bertz CT molecular complexity index is 1400. The quantitative estimate of drug-likeness (QED) is 0.279. The Kier molecular flexibility index (Phi) is 10.8. The lowest BCUT2D eigenvalue weighted by molar-refractivity contribution is -0.141. The summed E-state index contributed by atoms with van der Waals surface area (Å²) in [5.41, 5.74) is 2.34. The highest BCUT2D eigenvalue weighted by Crippen LogP contribution is 2.24. The monoisotopic (exact) mass is 595 g/mol. The van der Waals surface area contributed by atoms with Crippen molar-refractivity contribution in [3.05, 3.63) is 101 Å². The molecule has 0 saturated heterocycles. The van der Waals surface area contributed by atoms with E-state index in [9.17, 15) is 18.0 Å². The van der Waals surface area contributed by atoms with Crippen LogP contribution < -0.4 is 9.62 Å². The summed E-state index contributed by atoms with van der Waals surface area (Å²) in [4.78, 5) is 29.3. The first kappa shape index (κ1) is 30.6. The summed E-state index contributed by atoms with van der Waals surface area (Å²) < 4.78 is 26.5. The Hall–Kier alpha value is -3.36. The van der Waals surface area contributed by atoms with Gasteiger partial charge in [0.15, 0.2) is 0 Å². The molecule has 3 aromatic carbocycles. The van der Waals surface area contributed by atoms with Crippen LogP contribution in [-0.2, 0) is 32.6 Å². The number of halogens is 1. The van der Waals surface area contributed by atoms with E-state index in [1.807, 2.05) is 60.7 Å². The Morgan fingerprint density at radius 1 is 0.927 bits per heavy atom. The Balaban J connectivity index is 1.56. The lowest BCUT2D eigenvalue weighted by atomic mass is 10.0. The Morgan fingerprint density at radius 2 is 1.56 bits per heavy atom. The molecule has 0 unspecified atom stereocenters. The highest BCUT2D eigenvalue weighted by Gasteiger charge is 2.32. The van der Waals surface area contributed by atoms with Crippen molar-refractivity contribution in [3.63, 3.8) is 0 Å². The fourth-order valence-electron chi connectivity index (χ4n) is 5.34. The van der Waals surface area contributed by atoms with Crippen LogP contribution in [0.5, 0.6) is 0 Å². The number of sulfonamides is 1. The molecule has 0 aliphatic heterocycles. The van der Waals surface area contributed by atoms with Gasteiger partial charge in [-0.3, -0.25) is 13.9 Å². The largest absolute Gasteiger partial charge is 0.352 e. The summed E-state index contributed by atoms with van der Waals surface area (Å²) in [5.74, 6) is -0.349. The van der Waals surface area contributed by atoms with Crippen LogP contribution in [0.2, 0.25) is 5.02 Å². The van der Waals surface area contributed by atoms with E-state index in [-0.39, 0.29) is 43.8 Å². The topological polar surface area (TPSA) is 86.8 Å². The standard InChI is InChI=1S/C32H38ClN3O4S/c1-41(39,40)36(29-19-10-16-27(33)23-29)21-11-20-31(37)35(24-26-14-6-3-7-15-26)30(22-25-12-4-2-5-13-25)32(38)34-28-17-8-9-18-28/h2-7,10,12-16,19,23,28,30H,8-9,11,17-18,20-22,24H2,1H3,(H,34,38)/t30-/m1/s1. The maximum atomic E-state index is 13.9. The zero-order chi connectivity index (χ0) is 29.2. The van der Waals surface area contributed by atoms with Crippen LogP contribution in [0.4, 0.5) is 5.69 Å². The molecule has 0 heterocycles. The molecule has 1 aliphatic carbocycles. The number of benzene rings is 3. The van der Waals surface area contributed by atoms with Crippen molar-refractivity contribution in [2.45, 2.75) is 63.6 Å². The predicted molar refractivity (Wildman–Crippen MR) is 164 cm³/mol. The molecule has 41 heavy (non-hydrogen) atoms. The van der Waals surface area contributed by atoms with Gasteiger partial charge in [-0.25, -0.2) is 8.42 Å². The smallest absolute Gasteiger partial charge is 0.243 e. The van der Waals surface area contributed by atoms with Crippen LogP contribution in [0.1, 0.15) is 49.7 Å². The zero-order valence-corrected chi connectivity index (χ0v) is 25.0. The van der Waals surface area contributed by atoms with Crippen LogP contribution in [0, 0.1) is 0 Å². The third kappa shape index (κ3) is 9.07. The first-order valence-corrected chi connectivity index (χ1v) is 16.3. The predicted octanol–water partition coefficient (Wildman–Crippen LogP) is 5.59. The van der Waals surface area contributed by atoms with Crippen LogP contribution in [0.3, 0.4) is 0 Å². The molecule has 3 aromatic rings. The van der Waals surface area contributed by atoms with Gasteiger partial charge < -0.3 is 10.2 Å². The van der Waals surface area contributed by atoms with Crippen molar-refractivity contribution >= 4 is 39.1 Å². The van der Waals surface area contributed by atoms with Gasteiger partial charge in [-0.2, -0.15) is 0 Å². The molecule has 1 saturated carbocycles. The average molecular weight is 596 g/mol. The van der Waals surface area contributed by atoms with E-state index < -0.39 is 16.1 Å². The van der Waals surface area contributed by atoms with Gasteiger partial charge in [0.2, 0.25) is 21.8 Å². The van der Waals surface area contributed by atoms with E-state index in [0.717, 1.165) is 43.1 Å². The second kappa shape index (κ2) is 14.5. The second-order valence-electron chi connectivity index (χ2n) is 10.6. The minimum Gasteiger partial charge on any atom is -0.352 e. The first-order valence-electron chi connectivity index (χ1n) is 14.1. The Labute approximate surface area is 248 Å².